The first-order chi connectivity index (χ1) is 10.2. The Kier molecular flexibility index (Phi) is 4.70. The van der Waals surface area contributed by atoms with Crippen LogP contribution in [-0.4, -0.2) is 41.7 Å². The van der Waals surface area contributed by atoms with E-state index in [9.17, 15) is 4.79 Å². The molecular formula is C16H23N3OS. The smallest absolute Gasteiger partial charge is 0.227 e. The summed E-state index contributed by atoms with van der Waals surface area (Å²) < 4.78 is 0. The van der Waals surface area contributed by atoms with Crippen LogP contribution in [0.1, 0.15) is 25.7 Å². The Morgan fingerprint density at radius 2 is 2.14 bits per heavy atom. The number of para-hydroxylation sites is 1. The highest BCUT2D eigenvalue weighted by Crippen LogP contribution is 2.32. The molecule has 0 spiro atoms. The number of rotatable bonds is 5. The van der Waals surface area contributed by atoms with Crippen LogP contribution >= 0.6 is 11.8 Å². The number of carbonyl (C=O) groups is 1. The number of primary amides is 1. The van der Waals surface area contributed by atoms with Crippen molar-refractivity contribution in [3.63, 3.8) is 0 Å². The number of amides is 1. The number of hydrogen-bond donors (Lipinski definition) is 2. The second-order valence-electron chi connectivity index (χ2n) is 5.89. The molecule has 2 unspecified atom stereocenters. The summed E-state index contributed by atoms with van der Waals surface area (Å²) >= 11 is 1.52. The van der Waals surface area contributed by atoms with Crippen LogP contribution in [0.25, 0.3) is 0 Å². The minimum absolute atomic E-state index is 0.269. The molecule has 2 saturated heterocycles. The van der Waals surface area contributed by atoms with E-state index in [1.165, 1.54) is 50.5 Å². The summed E-state index contributed by atoms with van der Waals surface area (Å²) in [6.45, 7) is 2.46. The van der Waals surface area contributed by atoms with E-state index in [1.54, 1.807) is 0 Å². The van der Waals surface area contributed by atoms with Crippen molar-refractivity contribution in [2.45, 2.75) is 42.7 Å². The Balaban J connectivity index is 1.68. The molecule has 4 nitrogen and oxygen atoms in total. The molecule has 2 aliphatic rings. The van der Waals surface area contributed by atoms with Crippen LogP contribution in [0.3, 0.4) is 0 Å². The lowest BCUT2D eigenvalue weighted by Gasteiger charge is -2.33. The van der Waals surface area contributed by atoms with E-state index < -0.39 is 0 Å². The number of nitrogens with zero attached hydrogens (tertiary/aromatic N) is 1. The summed E-state index contributed by atoms with van der Waals surface area (Å²) in [6.07, 6.45) is 5.19. The zero-order valence-electron chi connectivity index (χ0n) is 12.3. The summed E-state index contributed by atoms with van der Waals surface area (Å²) in [7, 11) is 0. The van der Waals surface area contributed by atoms with E-state index in [0.717, 1.165) is 10.6 Å². The van der Waals surface area contributed by atoms with Crippen LogP contribution in [0.5, 0.6) is 0 Å². The molecule has 2 aliphatic heterocycles. The van der Waals surface area contributed by atoms with Gasteiger partial charge in [0.2, 0.25) is 5.91 Å². The number of anilines is 1. The minimum atomic E-state index is -0.269. The van der Waals surface area contributed by atoms with E-state index in [2.05, 4.69) is 22.3 Å². The molecule has 2 fully saturated rings. The van der Waals surface area contributed by atoms with E-state index in [4.69, 9.17) is 5.73 Å². The van der Waals surface area contributed by atoms with Crippen LogP contribution in [0.2, 0.25) is 0 Å². The highest BCUT2D eigenvalue weighted by Gasteiger charge is 2.35. The topological polar surface area (TPSA) is 58.4 Å². The van der Waals surface area contributed by atoms with Crippen LogP contribution in [0, 0.1) is 0 Å². The van der Waals surface area contributed by atoms with Gasteiger partial charge in [0.05, 0.1) is 5.75 Å². The summed E-state index contributed by atoms with van der Waals surface area (Å²) in [6, 6.07) is 9.42. The van der Waals surface area contributed by atoms with Gasteiger partial charge in [-0.2, -0.15) is 0 Å². The minimum Gasteiger partial charge on any atom is -0.380 e. The summed E-state index contributed by atoms with van der Waals surface area (Å²) in [4.78, 5) is 14.7. The molecule has 21 heavy (non-hydrogen) atoms. The normalized spacial score (nSPS) is 25.5. The van der Waals surface area contributed by atoms with Gasteiger partial charge in [-0.3, -0.25) is 9.69 Å². The maximum absolute atomic E-state index is 11.0. The molecule has 114 valence electrons. The molecule has 5 heteroatoms. The van der Waals surface area contributed by atoms with Crippen molar-refractivity contribution in [3.05, 3.63) is 24.3 Å². The molecule has 3 rings (SSSR count). The standard InChI is InChI=1S/C16H23N3OS/c17-16(20)11-21-15-7-2-1-5-13(15)18-12-8-10-19-9-4-3-6-14(12)19/h1-2,5,7,12,14,18H,3-4,6,8-11H2,(H2,17,20). The fourth-order valence-electron chi connectivity index (χ4n) is 3.48. The molecule has 1 aromatic rings. The fourth-order valence-corrected chi connectivity index (χ4v) is 4.23. The Morgan fingerprint density at radius 3 is 3.00 bits per heavy atom. The van der Waals surface area contributed by atoms with Crippen molar-refractivity contribution in [1.82, 2.24) is 4.90 Å². The molecule has 1 amide bonds. The molecular weight excluding hydrogens is 282 g/mol. The predicted molar refractivity (Wildman–Crippen MR) is 87.6 cm³/mol. The number of carbonyl (C=O) groups excluding carboxylic acids is 1. The Morgan fingerprint density at radius 1 is 1.29 bits per heavy atom. The molecule has 0 saturated carbocycles. The third kappa shape index (κ3) is 3.52. The molecule has 2 atom stereocenters. The van der Waals surface area contributed by atoms with Crippen molar-refractivity contribution in [3.8, 4) is 0 Å². The Labute approximate surface area is 130 Å². The lowest BCUT2D eigenvalue weighted by molar-refractivity contribution is -0.115. The fraction of sp³-hybridized carbons (Fsp3) is 0.562. The van der Waals surface area contributed by atoms with E-state index >= 15 is 0 Å². The number of piperidine rings is 1. The molecule has 0 radical (unpaired) electrons. The van der Waals surface area contributed by atoms with Gasteiger partial charge in [0, 0.05) is 29.2 Å². The van der Waals surface area contributed by atoms with Crippen molar-refractivity contribution in [1.29, 1.82) is 0 Å². The average molecular weight is 305 g/mol. The zero-order valence-corrected chi connectivity index (χ0v) is 13.1. The first-order valence-electron chi connectivity index (χ1n) is 7.75. The Bertz CT molecular complexity index is 508. The Hall–Kier alpha value is -1.20. The number of fused-ring (bicyclic) bond motifs is 1. The van der Waals surface area contributed by atoms with Crippen molar-refractivity contribution in [2.75, 3.05) is 24.2 Å². The maximum atomic E-state index is 11.0. The van der Waals surface area contributed by atoms with Gasteiger partial charge >= 0.3 is 0 Å². The van der Waals surface area contributed by atoms with E-state index in [0.29, 0.717) is 17.8 Å². The molecule has 0 aliphatic carbocycles. The third-order valence-electron chi connectivity index (χ3n) is 4.45. The van der Waals surface area contributed by atoms with E-state index in [1.807, 2.05) is 12.1 Å². The number of thioether (sulfide) groups is 1. The van der Waals surface area contributed by atoms with Gasteiger partial charge in [0.1, 0.15) is 0 Å². The highest BCUT2D eigenvalue weighted by atomic mass is 32.2. The summed E-state index contributed by atoms with van der Waals surface area (Å²) in [5.74, 6) is 0.0629. The number of nitrogens with one attached hydrogen (secondary N) is 1. The van der Waals surface area contributed by atoms with Gasteiger partial charge in [-0.05, 0) is 37.9 Å². The average Bonchev–Trinajstić information content (AvgIpc) is 2.90. The summed E-state index contributed by atoms with van der Waals surface area (Å²) in [5, 5.41) is 3.72. The van der Waals surface area contributed by atoms with Crippen LogP contribution in [-0.2, 0) is 4.79 Å². The van der Waals surface area contributed by atoms with Gasteiger partial charge in [-0.1, -0.05) is 18.6 Å². The van der Waals surface area contributed by atoms with Gasteiger partial charge in [-0.25, -0.2) is 0 Å². The van der Waals surface area contributed by atoms with E-state index in [-0.39, 0.29) is 5.91 Å². The van der Waals surface area contributed by atoms with Gasteiger partial charge < -0.3 is 11.1 Å². The quantitative estimate of drug-likeness (QED) is 0.820. The molecule has 1 aromatic carbocycles. The lowest BCUT2D eigenvalue weighted by atomic mass is 9.99. The van der Waals surface area contributed by atoms with Crippen molar-refractivity contribution < 1.29 is 4.79 Å². The molecule has 2 heterocycles. The molecule has 0 aromatic heterocycles. The van der Waals surface area contributed by atoms with Gasteiger partial charge in [0.25, 0.3) is 0 Å². The van der Waals surface area contributed by atoms with Crippen LogP contribution in [0.4, 0.5) is 5.69 Å². The van der Waals surface area contributed by atoms with Crippen LogP contribution in [0.15, 0.2) is 29.2 Å². The largest absolute Gasteiger partial charge is 0.380 e. The number of benzene rings is 1. The van der Waals surface area contributed by atoms with Crippen molar-refractivity contribution in [2.24, 2.45) is 5.73 Å². The van der Waals surface area contributed by atoms with Gasteiger partial charge in [-0.15, -0.1) is 11.8 Å². The first-order valence-corrected chi connectivity index (χ1v) is 8.73. The second kappa shape index (κ2) is 6.71. The zero-order chi connectivity index (χ0) is 14.7. The third-order valence-corrected chi connectivity index (χ3v) is 5.55. The lowest BCUT2D eigenvalue weighted by Crippen LogP contribution is -2.41. The monoisotopic (exact) mass is 305 g/mol. The highest BCUT2D eigenvalue weighted by molar-refractivity contribution is 8.00. The maximum Gasteiger partial charge on any atom is 0.227 e. The first kappa shape index (κ1) is 14.7. The van der Waals surface area contributed by atoms with Gasteiger partial charge in [0.15, 0.2) is 0 Å². The number of hydrogen-bond acceptors (Lipinski definition) is 4. The molecule has 3 N–H and O–H groups in total. The van der Waals surface area contributed by atoms with Crippen molar-refractivity contribution >= 4 is 23.4 Å². The predicted octanol–water partition coefficient (Wildman–Crippen LogP) is 2.30. The SMILES string of the molecule is NC(=O)CSc1ccccc1NC1CCN2CCCCC12. The molecule has 0 bridgehead atoms. The number of nitrogens with two attached hydrogens (primary N) is 1. The second-order valence-corrected chi connectivity index (χ2v) is 6.91. The summed E-state index contributed by atoms with van der Waals surface area (Å²) in [5.41, 5.74) is 6.39. The van der Waals surface area contributed by atoms with Crippen LogP contribution < -0.4 is 11.1 Å².